The van der Waals surface area contributed by atoms with Gasteiger partial charge < -0.3 is 15.1 Å². The Morgan fingerprint density at radius 2 is 2.17 bits per heavy atom. The zero-order chi connectivity index (χ0) is 22.3. The Balaban J connectivity index is 1.98. The summed E-state index contributed by atoms with van der Waals surface area (Å²) in [6.07, 6.45) is 0.953. The lowest BCUT2D eigenvalue weighted by molar-refractivity contribution is -0.144. The number of fused-ring (bicyclic) bond motifs is 2. The third-order valence-electron chi connectivity index (χ3n) is 5.87. The van der Waals surface area contributed by atoms with Crippen LogP contribution in [-0.2, 0) is 19.8 Å². The lowest BCUT2D eigenvalue weighted by atomic mass is 9.80. The van der Waals surface area contributed by atoms with Crippen LogP contribution in [-0.4, -0.2) is 58.9 Å². The van der Waals surface area contributed by atoms with Crippen LogP contribution in [0.3, 0.4) is 0 Å². The molecule has 2 aliphatic heterocycles. The fourth-order valence-corrected chi connectivity index (χ4v) is 4.32. The number of benzene rings is 1. The van der Waals surface area contributed by atoms with Gasteiger partial charge in [0.05, 0.1) is 11.5 Å². The van der Waals surface area contributed by atoms with Gasteiger partial charge in [0.2, 0.25) is 17.7 Å². The second-order valence-electron chi connectivity index (χ2n) is 8.49. The van der Waals surface area contributed by atoms with Gasteiger partial charge in [0, 0.05) is 32.1 Å². The van der Waals surface area contributed by atoms with E-state index in [1.807, 2.05) is 6.07 Å². The summed E-state index contributed by atoms with van der Waals surface area (Å²) in [4.78, 5) is 40.9. The lowest BCUT2D eigenvalue weighted by Crippen LogP contribution is -2.52. The highest BCUT2D eigenvalue weighted by atomic mass is 19.1. The highest BCUT2D eigenvalue weighted by molar-refractivity contribution is 6.07. The van der Waals surface area contributed by atoms with Gasteiger partial charge >= 0.3 is 0 Å². The van der Waals surface area contributed by atoms with Crippen LogP contribution in [0.5, 0.6) is 0 Å². The summed E-state index contributed by atoms with van der Waals surface area (Å²) in [5.74, 6) is -1.35. The van der Waals surface area contributed by atoms with Crippen LogP contribution in [0.25, 0.3) is 0 Å². The summed E-state index contributed by atoms with van der Waals surface area (Å²) < 4.78 is 14.5. The van der Waals surface area contributed by atoms with Gasteiger partial charge in [-0.25, -0.2) is 4.39 Å². The van der Waals surface area contributed by atoms with Crippen LogP contribution in [0, 0.1) is 11.3 Å². The number of alkyl halides is 1. The van der Waals surface area contributed by atoms with Crippen molar-refractivity contribution in [3.8, 4) is 6.07 Å². The first kappa shape index (κ1) is 21.5. The Morgan fingerprint density at radius 1 is 1.50 bits per heavy atom. The molecular weight excluding hydrogens is 387 g/mol. The summed E-state index contributed by atoms with van der Waals surface area (Å²) in [5.41, 5.74) is -1.37. The van der Waals surface area contributed by atoms with E-state index in [-0.39, 0.29) is 25.3 Å². The SMILES string of the molecule is C=CC(=O)N(C)[C@@H](CC(C)(C)F)C(=O)N1C[C@]2(C[C@H]1C#N)C(=O)Nc1ccccc12. The maximum absolute atomic E-state index is 14.5. The van der Waals surface area contributed by atoms with Gasteiger partial charge in [0.1, 0.15) is 17.8 Å². The van der Waals surface area contributed by atoms with Crippen molar-refractivity contribution in [1.29, 1.82) is 5.26 Å². The molecule has 3 atom stereocenters. The van der Waals surface area contributed by atoms with Crippen molar-refractivity contribution in [1.82, 2.24) is 9.80 Å². The van der Waals surface area contributed by atoms with E-state index in [1.165, 1.54) is 25.8 Å². The van der Waals surface area contributed by atoms with Crippen molar-refractivity contribution in [2.24, 2.45) is 0 Å². The number of nitrogens with one attached hydrogen (secondary N) is 1. The number of amides is 3. The Kier molecular flexibility index (Phi) is 5.42. The summed E-state index contributed by atoms with van der Waals surface area (Å²) >= 11 is 0. The zero-order valence-corrected chi connectivity index (χ0v) is 17.3. The first-order valence-corrected chi connectivity index (χ1v) is 9.73. The molecule has 1 aromatic rings. The Hall–Kier alpha value is -3.21. The number of nitriles is 1. The molecule has 0 aromatic heterocycles. The molecule has 1 fully saturated rings. The van der Waals surface area contributed by atoms with Crippen LogP contribution in [0.2, 0.25) is 0 Å². The highest BCUT2D eigenvalue weighted by Gasteiger charge is 2.56. The monoisotopic (exact) mass is 412 g/mol. The number of anilines is 1. The number of carbonyl (C=O) groups is 3. The molecule has 30 heavy (non-hydrogen) atoms. The molecule has 2 heterocycles. The van der Waals surface area contributed by atoms with Crippen LogP contribution >= 0.6 is 0 Å². The molecule has 0 unspecified atom stereocenters. The summed E-state index contributed by atoms with van der Waals surface area (Å²) in [5, 5.41) is 12.6. The standard InChI is InChI=1S/C22H25FN4O3/c1-5-18(28)26(4)17(11-21(2,3)23)19(29)27-13-22(10-14(27)12-24)15-8-6-7-9-16(15)25-20(22)30/h5-9,14,17H,1,10-11,13H2,2-4H3,(H,25,30)/t14-,17-,22-/m0/s1. The minimum Gasteiger partial charge on any atom is -0.330 e. The number of para-hydroxylation sites is 1. The van der Waals surface area contributed by atoms with Gasteiger partial charge in [-0.1, -0.05) is 24.8 Å². The van der Waals surface area contributed by atoms with E-state index < -0.39 is 35.0 Å². The fourth-order valence-electron chi connectivity index (χ4n) is 4.32. The van der Waals surface area contributed by atoms with E-state index in [4.69, 9.17) is 0 Å². The van der Waals surface area contributed by atoms with E-state index in [2.05, 4.69) is 18.0 Å². The fraction of sp³-hybridized carbons (Fsp3) is 0.455. The van der Waals surface area contributed by atoms with Crippen molar-refractivity contribution in [3.05, 3.63) is 42.5 Å². The zero-order valence-electron chi connectivity index (χ0n) is 17.3. The van der Waals surface area contributed by atoms with Crippen molar-refractivity contribution in [2.45, 2.75) is 49.9 Å². The molecule has 0 saturated carbocycles. The van der Waals surface area contributed by atoms with Crippen molar-refractivity contribution < 1.29 is 18.8 Å². The number of hydrogen-bond acceptors (Lipinski definition) is 4. The van der Waals surface area contributed by atoms with E-state index in [1.54, 1.807) is 18.2 Å². The van der Waals surface area contributed by atoms with Crippen LogP contribution < -0.4 is 5.32 Å². The van der Waals surface area contributed by atoms with Crippen molar-refractivity contribution >= 4 is 23.4 Å². The van der Waals surface area contributed by atoms with Crippen LogP contribution in [0.1, 0.15) is 32.3 Å². The lowest BCUT2D eigenvalue weighted by Gasteiger charge is -2.34. The second kappa shape index (κ2) is 7.56. The third-order valence-corrected chi connectivity index (χ3v) is 5.87. The Bertz CT molecular complexity index is 948. The smallest absolute Gasteiger partial charge is 0.246 e. The number of likely N-dealkylation sites (N-methyl/N-ethyl adjacent to an activating group) is 1. The minimum atomic E-state index is -1.73. The molecular formula is C22H25FN4O3. The molecule has 7 nitrogen and oxygen atoms in total. The molecule has 1 saturated heterocycles. The molecule has 1 aromatic carbocycles. The molecule has 3 rings (SSSR count). The quantitative estimate of drug-likeness (QED) is 0.750. The van der Waals surface area contributed by atoms with Gasteiger partial charge in [-0.15, -0.1) is 0 Å². The number of carbonyl (C=O) groups excluding carboxylic acids is 3. The number of nitrogens with zero attached hydrogens (tertiary/aromatic N) is 3. The van der Waals surface area contributed by atoms with E-state index in [0.29, 0.717) is 5.69 Å². The van der Waals surface area contributed by atoms with Gasteiger partial charge in [0.25, 0.3) is 0 Å². The number of halogens is 1. The summed E-state index contributed by atoms with van der Waals surface area (Å²) in [6, 6.07) is 7.30. The molecule has 158 valence electrons. The van der Waals surface area contributed by atoms with E-state index in [0.717, 1.165) is 16.5 Å². The summed E-state index contributed by atoms with van der Waals surface area (Å²) in [6.45, 7) is 6.07. The topological polar surface area (TPSA) is 93.5 Å². The number of hydrogen-bond donors (Lipinski definition) is 1. The molecule has 2 aliphatic rings. The predicted molar refractivity (Wildman–Crippen MR) is 109 cm³/mol. The molecule has 8 heteroatoms. The Labute approximate surface area is 175 Å². The summed E-state index contributed by atoms with van der Waals surface area (Å²) in [7, 11) is 1.41. The molecule has 0 radical (unpaired) electrons. The average molecular weight is 412 g/mol. The Morgan fingerprint density at radius 3 is 2.77 bits per heavy atom. The largest absolute Gasteiger partial charge is 0.330 e. The van der Waals surface area contributed by atoms with E-state index in [9.17, 15) is 24.0 Å². The molecule has 1 spiro atoms. The normalized spacial score (nSPS) is 23.5. The predicted octanol–water partition coefficient (Wildman–Crippen LogP) is 2.15. The molecule has 1 N–H and O–H groups in total. The van der Waals surface area contributed by atoms with Crippen LogP contribution in [0.4, 0.5) is 10.1 Å². The average Bonchev–Trinajstić information content (AvgIpc) is 3.23. The van der Waals surface area contributed by atoms with Gasteiger partial charge in [0.15, 0.2) is 0 Å². The minimum absolute atomic E-state index is 0.00770. The third kappa shape index (κ3) is 3.56. The molecule has 0 bridgehead atoms. The van der Waals surface area contributed by atoms with Crippen molar-refractivity contribution in [2.75, 3.05) is 18.9 Å². The van der Waals surface area contributed by atoms with Crippen molar-refractivity contribution in [3.63, 3.8) is 0 Å². The molecule has 0 aliphatic carbocycles. The van der Waals surface area contributed by atoms with Gasteiger partial charge in [-0.05, 0) is 31.6 Å². The van der Waals surface area contributed by atoms with Gasteiger partial charge in [-0.3, -0.25) is 14.4 Å². The van der Waals surface area contributed by atoms with Gasteiger partial charge in [-0.2, -0.15) is 5.26 Å². The maximum atomic E-state index is 14.5. The maximum Gasteiger partial charge on any atom is 0.246 e. The highest BCUT2D eigenvalue weighted by Crippen LogP contribution is 2.46. The van der Waals surface area contributed by atoms with Crippen LogP contribution in [0.15, 0.2) is 36.9 Å². The first-order valence-electron chi connectivity index (χ1n) is 9.73. The van der Waals surface area contributed by atoms with E-state index >= 15 is 0 Å². The molecule has 3 amide bonds. The number of likely N-dealkylation sites (tertiary alicyclic amines) is 1. The second-order valence-corrected chi connectivity index (χ2v) is 8.49. The number of rotatable bonds is 5. The first-order chi connectivity index (χ1) is 14.0.